The van der Waals surface area contributed by atoms with Crippen molar-refractivity contribution < 1.29 is 24.0 Å². The molecule has 1 saturated heterocycles. The summed E-state index contributed by atoms with van der Waals surface area (Å²) >= 11 is 12.9. The number of Topliss-reactive ketones (excluding diaryl/α,β-unsaturated/α-hetero) is 1. The third-order valence-electron chi connectivity index (χ3n) is 7.50. The van der Waals surface area contributed by atoms with E-state index in [0.29, 0.717) is 6.42 Å². The molecule has 37 heavy (non-hydrogen) atoms. The molecule has 0 aromatic heterocycles. The lowest BCUT2D eigenvalue weighted by Gasteiger charge is -2.37. The molecule has 1 heterocycles. The van der Waals surface area contributed by atoms with E-state index in [-0.39, 0.29) is 30.7 Å². The van der Waals surface area contributed by atoms with E-state index in [1.54, 1.807) is 6.92 Å². The van der Waals surface area contributed by atoms with Crippen molar-refractivity contribution in [1.29, 1.82) is 0 Å². The van der Waals surface area contributed by atoms with Crippen LogP contribution < -0.4 is 21.7 Å². The normalized spacial score (nSPS) is 26.4. The van der Waals surface area contributed by atoms with Gasteiger partial charge in [0.15, 0.2) is 0 Å². The van der Waals surface area contributed by atoms with Crippen LogP contribution in [0.4, 0.5) is 4.79 Å². The molecule has 10 nitrogen and oxygen atoms in total. The molecule has 5 amide bonds. The van der Waals surface area contributed by atoms with E-state index in [2.05, 4.69) is 16.0 Å². The Morgan fingerprint density at radius 3 is 2.22 bits per heavy atom. The highest BCUT2D eigenvalue weighted by Gasteiger charge is 2.74. The minimum atomic E-state index is -1.18. The fourth-order valence-electron chi connectivity index (χ4n) is 5.66. The smallest absolute Gasteiger partial charge is 0.315 e. The van der Waals surface area contributed by atoms with Crippen LogP contribution >= 0.6 is 23.2 Å². The van der Waals surface area contributed by atoms with Crippen LogP contribution in [0.15, 0.2) is 0 Å². The number of alkyl halides is 2. The fraction of sp³-hybridized carbons (Fsp3) is 0.800. The molecule has 208 valence electrons. The van der Waals surface area contributed by atoms with E-state index in [4.69, 9.17) is 28.9 Å². The van der Waals surface area contributed by atoms with Gasteiger partial charge in [0.1, 0.15) is 16.4 Å². The Hall–Kier alpha value is -2.07. The molecule has 12 heteroatoms. The lowest BCUT2D eigenvalue weighted by Crippen LogP contribution is -2.61. The molecule has 0 spiro atoms. The van der Waals surface area contributed by atoms with Gasteiger partial charge < -0.3 is 26.6 Å². The molecule has 0 bridgehead atoms. The molecule has 3 aliphatic rings. The summed E-state index contributed by atoms with van der Waals surface area (Å²) in [5.74, 6) is -3.95. The number of halogens is 2. The van der Waals surface area contributed by atoms with Gasteiger partial charge in [-0.15, -0.1) is 23.2 Å². The SMILES string of the molecule is CCCC(NC(=O)[C@@H]1[C@@H]2C(CN1C(=O)[C@@H](NC(=O)NC(C)(C)C)C1CCCCC1)C2(Cl)Cl)C(=O)C(N)=O. The standard InChI is InChI=1S/C25H39Cl2N5O5/c1-5-9-15(19(33)20(28)34)29-21(35)18-16-14(25(16,26)27)12-32(18)22(36)17(13-10-7-6-8-11-13)30-23(37)31-24(2,3)4/h13-18H,5-12H2,1-4H3,(H2,28,34)(H,29,35)(H2,30,31,37)/t14?,15?,16-,17-,18-/m0/s1. The highest BCUT2D eigenvalue weighted by atomic mass is 35.5. The number of carbonyl (C=O) groups is 5. The number of rotatable bonds is 9. The van der Waals surface area contributed by atoms with Gasteiger partial charge in [0.05, 0.1) is 6.04 Å². The highest BCUT2D eigenvalue weighted by molar-refractivity contribution is 6.51. The third kappa shape index (κ3) is 6.69. The van der Waals surface area contributed by atoms with Crippen LogP contribution in [0, 0.1) is 17.8 Å². The summed E-state index contributed by atoms with van der Waals surface area (Å²) in [4.78, 5) is 65.5. The zero-order valence-electron chi connectivity index (χ0n) is 21.9. The summed E-state index contributed by atoms with van der Waals surface area (Å²) in [5.41, 5.74) is 4.67. The van der Waals surface area contributed by atoms with Crippen molar-refractivity contribution in [3.63, 3.8) is 0 Å². The Morgan fingerprint density at radius 1 is 1.05 bits per heavy atom. The maximum atomic E-state index is 14.0. The lowest BCUT2D eigenvalue weighted by molar-refractivity contribution is -0.144. The predicted molar refractivity (Wildman–Crippen MR) is 140 cm³/mol. The third-order valence-corrected chi connectivity index (χ3v) is 8.56. The number of nitrogens with one attached hydrogen (secondary N) is 3. The van der Waals surface area contributed by atoms with Crippen molar-refractivity contribution in [3.8, 4) is 0 Å². The molecule has 0 aromatic rings. The minimum absolute atomic E-state index is 0.0753. The molecule has 3 fully saturated rings. The quantitative estimate of drug-likeness (QED) is 0.251. The van der Waals surface area contributed by atoms with Crippen molar-refractivity contribution >= 4 is 52.7 Å². The van der Waals surface area contributed by atoms with Crippen molar-refractivity contribution in [1.82, 2.24) is 20.9 Å². The molecule has 0 radical (unpaired) electrons. The second-order valence-corrected chi connectivity index (χ2v) is 13.0. The molecular weight excluding hydrogens is 521 g/mol. The summed E-state index contributed by atoms with van der Waals surface area (Å²) in [5, 5.41) is 8.32. The number of piperidine rings is 1. The van der Waals surface area contributed by atoms with E-state index in [9.17, 15) is 24.0 Å². The number of primary amides is 1. The maximum Gasteiger partial charge on any atom is 0.315 e. The number of nitrogens with two attached hydrogens (primary N) is 1. The van der Waals surface area contributed by atoms with Gasteiger partial charge in [0.2, 0.25) is 17.6 Å². The van der Waals surface area contributed by atoms with Crippen molar-refractivity contribution in [2.45, 2.75) is 101 Å². The number of amides is 5. The average Bonchev–Trinajstić information content (AvgIpc) is 3.14. The number of hydrogen-bond acceptors (Lipinski definition) is 5. The molecule has 2 saturated carbocycles. The van der Waals surface area contributed by atoms with Crippen LogP contribution in [-0.4, -0.2) is 69.0 Å². The largest absolute Gasteiger partial charge is 0.363 e. The van der Waals surface area contributed by atoms with Crippen LogP contribution in [0.5, 0.6) is 0 Å². The number of carbonyl (C=O) groups excluding carboxylic acids is 5. The van der Waals surface area contributed by atoms with Gasteiger partial charge in [-0.25, -0.2) is 4.79 Å². The average molecular weight is 561 g/mol. The van der Waals surface area contributed by atoms with Gasteiger partial charge in [-0.3, -0.25) is 19.2 Å². The fourth-order valence-corrected chi connectivity index (χ4v) is 6.49. The lowest BCUT2D eigenvalue weighted by atomic mass is 9.83. The maximum absolute atomic E-state index is 14.0. The number of hydrogen-bond donors (Lipinski definition) is 4. The molecule has 0 aromatic carbocycles. The zero-order valence-corrected chi connectivity index (χ0v) is 23.5. The summed E-state index contributed by atoms with van der Waals surface area (Å²) in [6, 6.07) is -3.42. The predicted octanol–water partition coefficient (Wildman–Crippen LogP) is 2.00. The van der Waals surface area contributed by atoms with E-state index in [1.165, 1.54) is 4.90 Å². The van der Waals surface area contributed by atoms with Gasteiger partial charge >= 0.3 is 6.03 Å². The second kappa shape index (κ2) is 11.4. The van der Waals surface area contributed by atoms with Crippen LogP contribution in [0.1, 0.15) is 72.6 Å². The van der Waals surface area contributed by atoms with Gasteiger partial charge in [0.25, 0.3) is 5.91 Å². The first-order valence-electron chi connectivity index (χ1n) is 13.1. The van der Waals surface area contributed by atoms with E-state index in [0.717, 1.165) is 32.1 Å². The van der Waals surface area contributed by atoms with Crippen LogP contribution in [0.3, 0.4) is 0 Å². The van der Waals surface area contributed by atoms with E-state index >= 15 is 0 Å². The Bertz CT molecular complexity index is 931. The summed E-state index contributed by atoms with van der Waals surface area (Å²) < 4.78 is -1.18. The van der Waals surface area contributed by atoms with Crippen LogP contribution in [0.25, 0.3) is 0 Å². The Kier molecular flexibility index (Phi) is 9.05. The van der Waals surface area contributed by atoms with Crippen LogP contribution in [-0.2, 0) is 19.2 Å². The number of nitrogens with zero attached hydrogens (tertiary/aromatic N) is 1. The first-order valence-corrected chi connectivity index (χ1v) is 13.9. The first kappa shape index (κ1) is 29.5. The van der Waals surface area contributed by atoms with Gasteiger partial charge in [0, 0.05) is 23.9 Å². The summed E-state index contributed by atoms with van der Waals surface area (Å²) in [7, 11) is 0. The van der Waals surface area contributed by atoms with Crippen molar-refractivity contribution in [3.05, 3.63) is 0 Å². The van der Waals surface area contributed by atoms with Gasteiger partial charge in [-0.2, -0.15) is 0 Å². The topological polar surface area (TPSA) is 151 Å². The molecule has 2 aliphatic carbocycles. The Labute approximate surface area is 228 Å². The molecule has 3 rings (SSSR count). The van der Waals surface area contributed by atoms with Gasteiger partial charge in [-0.05, 0) is 46.0 Å². The monoisotopic (exact) mass is 559 g/mol. The number of likely N-dealkylation sites (tertiary alicyclic amines) is 1. The number of ketones is 1. The Morgan fingerprint density at radius 2 is 1.68 bits per heavy atom. The summed E-state index contributed by atoms with van der Waals surface area (Å²) in [6.45, 7) is 7.50. The molecule has 5 atom stereocenters. The van der Waals surface area contributed by atoms with Gasteiger partial charge in [-0.1, -0.05) is 32.6 Å². The highest BCUT2D eigenvalue weighted by Crippen LogP contribution is 2.65. The van der Waals surface area contributed by atoms with Crippen LogP contribution in [0.2, 0.25) is 0 Å². The molecule has 5 N–H and O–H groups in total. The van der Waals surface area contributed by atoms with E-state index < -0.39 is 57.5 Å². The zero-order chi connectivity index (χ0) is 27.7. The molecular formula is C25H39Cl2N5O5. The number of fused-ring (bicyclic) bond motifs is 1. The second-order valence-electron chi connectivity index (χ2n) is 11.5. The van der Waals surface area contributed by atoms with Crippen molar-refractivity contribution in [2.75, 3.05) is 6.54 Å². The number of urea groups is 1. The first-order chi connectivity index (χ1) is 17.2. The van der Waals surface area contributed by atoms with E-state index in [1.807, 2.05) is 20.8 Å². The van der Waals surface area contributed by atoms with Crippen molar-refractivity contribution in [2.24, 2.45) is 23.5 Å². The molecule has 1 aliphatic heterocycles. The molecule has 2 unspecified atom stereocenters. The Balaban J connectivity index is 1.85. The minimum Gasteiger partial charge on any atom is -0.363 e. The summed E-state index contributed by atoms with van der Waals surface area (Å²) in [6.07, 6.45) is 5.27.